The van der Waals surface area contributed by atoms with Gasteiger partial charge >= 0.3 is 0 Å². The average Bonchev–Trinajstić information content (AvgIpc) is 2.98. The van der Waals surface area contributed by atoms with Crippen LogP contribution in [-0.2, 0) is 4.79 Å². The zero-order chi connectivity index (χ0) is 11.7. The van der Waals surface area contributed by atoms with Gasteiger partial charge in [-0.15, -0.1) is 0 Å². The molecule has 0 N–H and O–H groups in total. The normalized spacial score (nSPS) is 19.8. The van der Waals surface area contributed by atoms with Gasteiger partial charge in [0.25, 0.3) is 0 Å². The first-order valence-electron chi connectivity index (χ1n) is 5.19. The van der Waals surface area contributed by atoms with Crippen LogP contribution >= 0.6 is 11.8 Å². The first kappa shape index (κ1) is 10.5. The molecule has 1 saturated heterocycles. The standard InChI is InChI=1S/C11H9N3O2S/c15-9-6-17-5-8(9)11-13-10(14-16-11)7-1-3-12-4-2-7/h1-4,8H,5-6H2. The van der Waals surface area contributed by atoms with Crippen LogP contribution in [0.4, 0.5) is 0 Å². The number of nitrogens with zero attached hydrogens (tertiary/aromatic N) is 3. The van der Waals surface area contributed by atoms with Gasteiger partial charge in [0.15, 0.2) is 5.78 Å². The summed E-state index contributed by atoms with van der Waals surface area (Å²) in [5.41, 5.74) is 0.841. The number of thioether (sulfide) groups is 1. The van der Waals surface area contributed by atoms with E-state index in [-0.39, 0.29) is 11.7 Å². The molecule has 86 valence electrons. The van der Waals surface area contributed by atoms with Crippen LogP contribution in [0.25, 0.3) is 11.4 Å². The van der Waals surface area contributed by atoms with E-state index in [1.165, 1.54) is 0 Å². The van der Waals surface area contributed by atoms with E-state index in [1.807, 2.05) is 0 Å². The van der Waals surface area contributed by atoms with Gasteiger partial charge in [-0.05, 0) is 12.1 Å². The highest BCUT2D eigenvalue weighted by molar-refractivity contribution is 8.00. The molecule has 0 amide bonds. The number of rotatable bonds is 2. The maximum atomic E-state index is 11.6. The number of carbonyl (C=O) groups is 1. The average molecular weight is 247 g/mol. The molecular weight excluding hydrogens is 238 g/mol. The fourth-order valence-corrected chi connectivity index (χ4v) is 2.76. The molecule has 0 aromatic carbocycles. The Hall–Kier alpha value is -1.69. The summed E-state index contributed by atoms with van der Waals surface area (Å²) >= 11 is 1.60. The molecule has 0 bridgehead atoms. The summed E-state index contributed by atoms with van der Waals surface area (Å²) in [6, 6.07) is 3.61. The van der Waals surface area contributed by atoms with Crippen molar-refractivity contribution in [2.24, 2.45) is 0 Å². The Bertz CT molecular complexity index is 541. The maximum Gasteiger partial charge on any atom is 0.238 e. The van der Waals surface area contributed by atoms with Crippen LogP contribution in [0.3, 0.4) is 0 Å². The predicted molar refractivity (Wildman–Crippen MR) is 62.6 cm³/mol. The number of aromatic nitrogens is 3. The van der Waals surface area contributed by atoms with Crippen molar-refractivity contribution in [1.82, 2.24) is 15.1 Å². The van der Waals surface area contributed by atoms with E-state index in [0.29, 0.717) is 17.5 Å². The van der Waals surface area contributed by atoms with Crippen LogP contribution < -0.4 is 0 Å². The summed E-state index contributed by atoms with van der Waals surface area (Å²) in [4.78, 5) is 19.8. The lowest BCUT2D eigenvalue weighted by Gasteiger charge is -1.97. The van der Waals surface area contributed by atoms with Crippen LogP contribution in [0.5, 0.6) is 0 Å². The predicted octanol–water partition coefficient (Wildman–Crippen LogP) is 1.53. The van der Waals surface area contributed by atoms with Crippen molar-refractivity contribution in [1.29, 1.82) is 0 Å². The Labute approximate surface area is 102 Å². The number of Topliss-reactive ketones (excluding diaryl/α,β-unsaturated/α-hetero) is 1. The van der Waals surface area contributed by atoms with Crippen molar-refractivity contribution >= 4 is 17.5 Å². The third-order valence-electron chi connectivity index (χ3n) is 2.60. The second-order valence-electron chi connectivity index (χ2n) is 3.73. The third-order valence-corrected chi connectivity index (χ3v) is 3.65. The molecule has 1 atom stereocenters. The summed E-state index contributed by atoms with van der Waals surface area (Å²) < 4.78 is 5.16. The van der Waals surface area contributed by atoms with Gasteiger partial charge in [-0.2, -0.15) is 16.7 Å². The van der Waals surface area contributed by atoms with Gasteiger partial charge < -0.3 is 4.52 Å². The van der Waals surface area contributed by atoms with E-state index in [4.69, 9.17) is 4.52 Å². The van der Waals surface area contributed by atoms with E-state index in [0.717, 1.165) is 11.3 Å². The molecule has 0 radical (unpaired) electrons. The van der Waals surface area contributed by atoms with Crippen LogP contribution in [0.2, 0.25) is 0 Å². The van der Waals surface area contributed by atoms with E-state index in [2.05, 4.69) is 15.1 Å². The first-order valence-corrected chi connectivity index (χ1v) is 6.34. The monoisotopic (exact) mass is 247 g/mol. The van der Waals surface area contributed by atoms with Gasteiger partial charge in [-0.25, -0.2) is 0 Å². The topological polar surface area (TPSA) is 68.9 Å². The molecule has 2 aromatic rings. The number of ketones is 1. The number of carbonyl (C=O) groups excluding carboxylic acids is 1. The highest BCUT2D eigenvalue weighted by atomic mass is 32.2. The second-order valence-corrected chi connectivity index (χ2v) is 4.76. The zero-order valence-corrected chi connectivity index (χ0v) is 9.68. The minimum Gasteiger partial charge on any atom is -0.338 e. The van der Waals surface area contributed by atoms with Crippen molar-refractivity contribution in [3.05, 3.63) is 30.4 Å². The lowest BCUT2D eigenvalue weighted by Crippen LogP contribution is -2.09. The first-order chi connectivity index (χ1) is 8.34. The molecule has 17 heavy (non-hydrogen) atoms. The molecule has 3 rings (SSSR count). The SMILES string of the molecule is O=C1CSCC1c1nc(-c2ccncc2)no1. The Morgan fingerprint density at radius 3 is 2.88 bits per heavy atom. The molecule has 1 aliphatic rings. The van der Waals surface area contributed by atoms with Crippen LogP contribution in [0.15, 0.2) is 29.0 Å². The van der Waals surface area contributed by atoms with Gasteiger partial charge in [0.1, 0.15) is 5.92 Å². The molecule has 1 unspecified atom stereocenters. The minimum absolute atomic E-state index is 0.167. The van der Waals surface area contributed by atoms with E-state index >= 15 is 0 Å². The fraction of sp³-hybridized carbons (Fsp3) is 0.273. The molecular formula is C11H9N3O2S. The molecule has 1 fully saturated rings. The van der Waals surface area contributed by atoms with Gasteiger partial charge in [0.05, 0.1) is 5.75 Å². The van der Waals surface area contributed by atoms with Gasteiger partial charge in [-0.3, -0.25) is 9.78 Å². The van der Waals surface area contributed by atoms with Gasteiger partial charge in [0, 0.05) is 23.7 Å². The number of hydrogen-bond donors (Lipinski definition) is 0. The smallest absolute Gasteiger partial charge is 0.238 e. The molecule has 0 aliphatic carbocycles. The van der Waals surface area contributed by atoms with Gasteiger partial charge in [0.2, 0.25) is 11.7 Å². The third kappa shape index (κ3) is 1.95. The van der Waals surface area contributed by atoms with E-state index in [1.54, 1.807) is 36.3 Å². The van der Waals surface area contributed by atoms with Crippen LogP contribution in [-0.4, -0.2) is 32.4 Å². The van der Waals surface area contributed by atoms with Crippen molar-refractivity contribution in [3.8, 4) is 11.4 Å². The van der Waals surface area contributed by atoms with Crippen molar-refractivity contribution in [2.45, 2.75) is 5.92 Å². The second kappa shape index (κ2) is 4.29. The number of hydrogen-bond acceptors (Lipinski definition) is 6. The van der Waals surface area contributed by atoms with Crippen LogP contribution in [0, 0.1) is 0 Å². The van der Waals surface area contributed by atoms with Crippen molar-refractivity contribution in [2.75, 3.05) is 11.5 Å². The summed E-state index contributed by atoms with van der Waals surface area (Å²) in [5.74, 6) is 2.14. The molecule has 0 saturated carbocycles. The quantitative estimate of drug-likeness (QED) is 0.801. The summed E-state index contributed by atoms with van der Waals surface area (Å²) in [6.07, 6.45) is 3.34. The van der Waals surface area contributed by atoms with Gasteiger partial charge in [-0.1, -0.05) is 5.16 Å². The van der Waals surface area contributed by atoms with E-state index in [9.17, 15) is 4.79 Å². The highest BCUT2D eigenvalue weighted by Crippen LogP contribution is 2.29. The zero-order valence-electron chi connectivity index (χ0n) is 8.87. The molecule has 6 heteroatoms. The van der Waals surface area contributed by atoms with E-state index < -0.39 is 0 Å². The van der Waals surface area contributed by atoms with Crippen molar-refractivity contribution < 1.29 is 9.32 Å². The summed E-state index contributed by atoms with van der Waals surface area (Å²) in [5, 5.41) is 3.89. The highest BCUT2D eigenvalue weighted by Gasteiger charge is 2.31. The Morgan fingerprint density at radius 1 is 1.35 bits per heavy atom. The Morgan fingerprint density at radius 2 is 2.18 bits per heavy atom. The number of pyridine rings is 1. The molecule has 3 heterocycles. The lowest BCUT2D eigenvalue weighted by atomic mass is 10.1. The van der Waals surface area contributed by atoms with Crippen molar-refractivity contribution in [3.63, 3.8) is 0 Å². The molecule has 5 nitrogen and oxygen atoms in total. The summed E-state index contributed by atoms with van der Waals surface area (Å²) in [7, 11) is 0. The maximum absolute atomic E-state index is 11.6. The molecule has 2 aromatic heterocycles. The van der Waals surface area contributed by atoms with Crippen LogP contribution in [0.1, 0.15) is 11.8 Å². The molecule has 1 aliphatic heterocycles. The minimum atomic E-state index is -0.233. The lowest BCUT2D eigenvalue weighted by molar-refractivity contribution is -0.117. The Kier molecular flexibility index (Phi) is 2.64. The largest absolute Gasteiger partial charge is 0.338 e. The Balaban J connectivity index is 1.91. The fourth-order valence-electron chi connectivity index (χ4n) is 1.67. The molecule has 0 spiro atoms. The summed E-state index contributed by atoms with van der Waals surface area (Å²) in [6.45, 7) is 0.